The highest BCUT2D eigenvalue weighted by molar-refractivity contribution is 5.88. The van der Waals surface area contributed by atoms with Gasteiger partial charge in [0.2, 0.25) is 0 Å². The lowest BCUT2D eigenvalue weighted by Gasteiger charge is -2.26. The van der Waals surface area contributed by atoms with Crippen molar-refractivity contribution in [2.75, 3.05) is 20.8 Å². The zero-order valence-corrected chi connectivity index (χ0v) is 13.8. The largest absolute Gasteiger partial charge is 0.497 e. The fourth-order valence-corrected chi connectivity index (χ4v) is 3.31. The smallest absolute Gasteiger partial charge is 0.339 e. The lowest BCUT2D eigenvalue weighted by atomic mass is 10.0. The summed E-state index contributed by atoms with van der Waals surface area (Å²) in [5.41, 5.74) is 1.27. The first-order valence-corrected chi connectivity index (χ1v) is 7.89. The van der Waals surface area contributed by atoms with Gasteiger partial charge in [0.1, 0.15) is 22.8 Å². The Morgan fingerprint density at radius 1 is 1.33 bits per heavy atom. The molecule has 1 aliphatic heterocycles. The second kappa shape index (κ2) is 6.97. The van der Waals surface area contributed by atoms with E-state index in [1.807, 2.05) is 18.2 Å². The Bertz CT molecular complexity index is 724. The summed E-state index contributed by atoms with van der Waals surface area (Å²) in [6.45, 7) is 1.34. The van der Waals surface area contributed by atoms with Crippen LogP contribution in [0.2, 0.25) is 0 Å². The molecule has 3 rings (SSSR count). The van der Waals surface area contributed by atoms with Crippen LogP contribution in [0.4, 0.5) is 0 Å². The third-order valence-corrected chi connectivity index (χ3v) is 4.48. The summed E-state index contributed by atoms with van der Waals surface area (Å²) in [6, 6.07) is 7.40. The maximum Gasteiger partial charge on any atom is 0.339 e. The van der Waals surface area contributed by atoms with Crippen LogP contribution in [0.3, 0.4) is 0 Å². The van der Waals surface area contributed by atoms with Crippen LogP contribution in [0.1, 0.15) is 40.6 Å². The molecule has 0 spiro atoms. The number of hydrogen-bond donors (Lipinski definition) is 1. The number of aromatic carboxylic acids is 1. The SMILES string of the molecule is COc1ccc(OC)c(C2CCCN2Cc2occc2C(=O)O)c1. The molecule has 1 aromatic carbocycles. The van der Waals surface area contributed by atoms with E-state index in [0.29, 0.717) is 12.3 Å². The summed E-state index contributed by atoms with van der Waals surface area (Å²) in [5.74, 6) is 1.11. The van der Waals surface area contributed by atoms with Gasteiger partial charge in [-0.05, 0) is 43.7 Å². The highest BCUT2D eigenvalue weighted by atomic mass is 16.5. The van der Waals surface area contributed by atoms with Crippen molar-refractivity contribution in [2.45, 2.75) is 25.4 Å². The van der Waals surface area contributed by atoms with E-state index in [1.165, 1.54) is 12.3 Å². The Kier molecular flexibility index (Phi) is 4.76. The number of carboxylic acids is 1. The van der Waals surface area contributed by atoms with Crippen molar-refractivity contribution in [3.8, 4) is 11.5 Å². The van der Waals surface area contributed by atoms with E-state index in [2.05, 4.69) is 4.90 Å². The summed E-state index contributed by atoms with van der Waals surface area (Å²) in [5, 5.41) is 9.25. The molecule has 1 atom stereocenters. The van der Waals surface area contributed by atoms with Gasteiger partial charge in [0.15, 0.2) is 0 Å². The van der Waals surface area contributed by atoms with Crippen molar-refractivity contribution >= 4 is 5.97 Å². The first-order chi connectivity index (χ1) is 11.6. The van der Waals surface area contributed by atoms with Gasteiger partial charge in [0, 0.05) is 11.6 Å². The van der Waals surface area contributed by atoms with Gasteiger partial charge in [-0.15, -0.1) is 0 Å². The molecule has 2 aromatic rings. The quantitative estimate of drug-likeness (QED) is 0.875. The Balaban J connectivity index is 1.88. The van der Waals surface area contributed by atoms with E-state index in [4.69, 9.17) is 13.9 Å². The molecule has 6 heteroatoms. The van der Waals surface area contributed by atoms with E-state index in [-0.39, 0.29) is 11.6 Å². The summed E-state index contributed by atoms with van der Waals surface area (Å²) < 4.78 is 16.2. The van der Waals surface area contributed by atoms with Gasteiger partial charge in [-0.1, -0.05) is 0 Å². The second-order valence-electron chi connectivity index (χ2n) is 5.80. The molecule has 0 saturated carbocycles. The van der Waals surface area contributed by atoms with E-state index >= 15 is 0 Å². The molecule has 1 aromatic heterocycles. The monoisotopic (exact) mass is 331 g/mol. The van der Waals surface area contributed by atoms with E-state index in [9.17, 15) is 9.90 Å². The number of benzene rings is 1. The third kappa shape index (κ3) is 3.10. The number of nitrogens with zero attached hydrogens (tertiary/aromatic N) is 1. The summed E-state index contributed by atoms with van der Waals surface area (Å²) in [7, 11) is 3.29. The molecule has 0 radical (unpaired) electrons. The van der Waals surface area contributed by atoms with Gasteiger partial charge < -0.3 is 19.0 Å². The van der Waals surface area contributed by atoms with Gasteiger partial charge in [-0.3, -0.25) is 4.90 Å². The minimum atomic E-state index is -0.964. The Labute approximate surface area is 140 Å². The lowest BCUT2D eigenvalue weighted by Crippen LogP contribution is -2.24. The number of ether oxygens (including phenoxy) is 2. The summed E-state index contributed by atoms with van der Waals surface area (Å²) in [6.07, 6.45) is 3.44. The first kappa shape index (κ1) is 16.4. The number of hydrogen-bond acceptors (Lipinski definition) is 5. The molecule has 1 N–H and O–H groups in total. The van der Waals surface area contributed by atoms with E-state index < -0.39 is 5.97 Å². The first-order valence-electron chi connectivity index (χ1n) is 7.89. The fourth-order valence-electron chi connectivity index (χ4n) is 3.31. The minimum Gasteiger partial charge on any atom is -0.497 e. The minimum absolute atomic E-state index is 0.141. The normalized spacial score (nSPS) is 17.8. The number of carbonyl (C=O) groups is 1. The molecule has 6 nitrogen and oxygen atoms in total. The second-order valence-corrected chi connectivity index (χ2v) is 5.80. The number of furan rings is 1. The number of methoxy groups -OCH3 is 2. The van der Waals surface area contributed by atoms with Gasteiger partial charge in [0.05, 0.1) is 27.0 Å². The van der Waals surface area contributed by atoms with Crippen LogP contribution in [0.25, 0.3) is 0 Å². The number of rotatable bonds is 6. The van der Waals surface area contributed by atoms with Crippen LogP contribution in [0.15, 0.2) is 34.9 Å². The molecule has 0 amide bonds. The van der Waals surface area contributed by atoms with Crippen molar-refractivity contribution in [3.63, 3.8) is 0 Å². The highest BCUT2D eigenvalue weighted by Gasteiger charge is 2.30. The van der Waals surface area contributed by atoms with Crippen molar-refractivity contribution in [3.05, 3.63) is 47.4 Å². The van der Waals surface area contributed by atoms with Gasteiger partial charge in [-0.2, -0.15) is 0 Å². The van der Waals surface area contributed by atoms with Gasteiger partial charge in [-0.25, -0.2) is 4.79 Å². The maximum absolute atomic E-state index is 11.3. The summed E-state index contributed by atoms with van der Waals surface area (Å²) >= 11 is 0. The molecule has 1 saturated heterocycles. The average Bonchev–Trinajstić information content (AvgIpc) is 3.24. The summed E-state index contributed by atoms with van der Waals surface area (Å²) in [4.78, 5) is 13.5. The zero-order valence-electron chi connectivity index (χ0n) is 13.8. The zero-order chi connectivity index (χ0) is 17.1. The van der Waals surface area contributed by atoms with Crippen molar-refractivity contribution in [2.24, 2.45) is 0 Å². The maximum atomic E-state index is 11.3. The predicted molar refractivity (Wildman–Crippen MR) is 87.6 cm³/mol. The van der Waals surface area contributed by atoms with Crippen LogP contribution in [-0.4, -0.2) is 36.7 Å². The average molecular weight is 331 g/mol. The molecular formula is C18H21NO5. The van der Waals surface area contributed by atoms with Gasteiger partial charge >= 0.3 is 5.97 Å². The molecule has 2 heterocycles. The van der Waals surface area contributed by atoms with E-state index in [0.717, 1.165) is 36.4 Å². The Morgan fingerprint density at radius 2 is 2.17 bits per heavy atom. The molecule has 0 bridgehead atoms. The molecule has 1 fully saturated rings. The van der Waals surface area contributed by atoms with Crippen molar-refractivity contribution < 1.29 is 23.8 Å². The van der Waals surface area contributed by atoms with Crippen LogP contribution in [0, 0.1) is 0 Å². The Hall–Kier alpha value is -2.47. The van der Waals surface area contributed by atoms with Crippen molar-refractivity contribution in [1.29, 1.82) is 0 Å². The molecule has 1 unspecified atom stereocenters. The topological polar surface area (TPSA) is 72.1 Å². The Morgan fingerprint density at radius 3 is 2.88 bits per heavy atom. The van der Waals surface area contributed by atoms with Crippen LogP contribution >= 0.6 is 0 Å². The molecule has 128 valence electrons. The predicted octanol–water partition coefficient (Wildman–Crippen LogP) is 3.33. The van der Waals surface area contributed by atoms with Crippen LogP contribution in [-0.2, 0) is 6.54 Å². The molecular weight excluding hydrogens is 310 g/mol. The standard InChI is InChI=1S/C18H21NO5/c1-22-12-5-6-16(23-2)14(10-12)15-4-3-8-19(15)11-17-13(18(20)21)7-9-24-17/h5-7,9-10,15H,3-4,8,11H2,1-2H3,(H,20,21). The lowest BCUT2D eigenvalue weighted by molar-refractivity contribution is 0.0692. The number of carboxylic acid groups (broad SMARTS) is 1. The van der Waals surface area contributed by atoms with Gasteiger partial charge in [0.25, 0.3) is 0 Å². The van der Waals surface area contributed by atoms with Crippen LogP contribution in [0.5, 0.6) is 11.5 Å². The molecule has 0 aliphatic carbocycles. The molecule has 24 heavy (non-hydrogen) atoms. The third-order valence-electron chi connectivity index (χ3n) is 4.48. The highest BCUT2D eigenvalue weighted by Crippen LogP contribution is 2.39. The fraction of sp³-hybridized carbons (Fsp3) is 0.389. The molecule has 1 aliphatic rings. The number of likely N-dealkylation sites (tertiary alicyclic amines) is 1. The van der Waals surface area contributed by atoms with Crippen molar-refractivity contribution in [1.82, 2.24) is 4.90 Å². The van der Waals surface area contributed by atoms with E-state index in [1.54, 1.807) is 14.2 Å². The van der Waals surface area contributed by atoms with Crippen LogP contribution < -0.4 is 9.47 Å².